The molecule has 12 heteroatoms. The van der Waals surface area contributed by atoms with E-state index >= 15 is 0 Å². The molecule has 2 aromatic heterocycles. The Hall–Kier alpha value is -1.29. The van der Waals surface area contributed by atoms with Crippen LogP contribution in [0.3, 0.4) is 0 Å². The highest BCUT2D eigenvalue weighted by Crippen LogP contribution is 2.36. The highest BCUT2D eigenvalue weighted by Gasteiger charge is 2.30. The molecule has 1 saturated heterocycles. The Morgan fingerprint density at radius 3 is 2.82 bits per heavy atom. The second kappa shape index (κ2) is 8.22. The highest BCUT2D eigenvalue weighted by atomic mass is 35.5. The lowest BCUT2D eigenvalue weighted by atomic mass is 10.2. The van der Waals surface area contributed by atoms with Crippen LogP contribution in [0.15, 0.2) is 6.33 Å². The molecule has 3 N–H and O–H groups in total. The van der Waals surface area contributed by atoms with E-state index in [1.807, 2.05) is 4.57 Å². The second-order valence-electron chi connectivity index (χ2n) is 7.25. The van der Waals surface area contributed by atoms with E-state index in [9.17, 15) is 4.57 Å². The largest absolute Gasteiger partial charge is 0.366 e. The van der Waals surface area contributed by atoms with Crippen LogP contribution in [-0.4, -0.2) is 54.4 Å². The molecule has 3 heterocycles. The van der Waals surface area contributed by atoms with Crippen LogP contribution in [0.2, 0.25) is 5.28 Å². The van der Waals surface area contributed by atoms with E-state index in [2.05, 4.69) is 20.3 Å². The molecule has 1 aliphatic carbocycles. The lowest BCUT2D eigenvalue weighted by molar-refractivity contribution is -0.0344. The van der Waals surface area contributed by atoms with Crippen LogP contribution in [0, 0.1) is 0 Å². The molecule has 0 radical (unpaired) electrons. The zero-order chi connectivity index (χ0) is 19.7. The maximum absolute atomic E-state index is 10.9. The molecular formula is C16H23ClN5O5P. The lowest BCUT2D eigenvalue weighted by Gasteiger charge is -2.16. The van der Waals surface area contributed by atoms with Crippen molar-refractivity contribution in [3.05, 3.63) is 11.6 Å². The van der Waals surface area contributed by atoms with Gasteiger partial charge in [-0.15, -0.1) is 0 Å². The predicted octanol–water partition coefficient (Wildman–Crippen LogP) is 2.66. The van der Waals surface area contributed by atoms with Gasteiger partial charge in [0.1, 0.15) is 12.6 Å². The molecule has 1 saturated carbocycles. The lowest BCUT2D eigenvalue weighted by Crippen LogP contribution is -2.17. The smallest absolute Gasteiger partial charge is 0.350 e. The van der Waals surface area contributed by atoms with Crippen LogP contribution in [0.5, 0.6) is 0 Å². The fourth-order valence-corrected chi connectivity index (χ4v) is 4.29. The Morgan fingerprint density at radius 2 is 2.07 bits per heavy atom. The topological polar surface area (TPSA) is 132 Å². The van der Waals surface area contributed by atoms with Crippen molar-refractivity contribution in [3.8, 4) is 0 Å². The molecule has 1 unspecified atom stereocenters. The monoisotopic (exact) mass is 431 g/mol. The number of halogens is 1. The Bertz CT molecular complexity index is 884. The van der Waals surface area contributed by atoms with Crippen molar-refractivity contribution < 1.29 is 23.8 Å². The number of fused-ring (bicyclic) bond motifs is 1. The molecule has 0 bridgehead atoms. The van der Waals surface area contributed by atoms with E-state index in [0.29, 0.717) is 35.9 Å². The van der Waals surface area contributed by atoms with Crippen LogP contribution < -0.4 is 5.32 Å². The molecule has 154 valence electrons. The molecule has 0 spiro atoms. The minimum Gasteiger partial charge on any atom is -0.366 e. The highest BCUT2D eigenvalue weighted by molar-refractivity contribution is 7.51. The molecule has 28 heavy (non-hydrogen) atoms. The van der Waals surface area contributed by atoms with E-state index in [1.54, 1.807) is 6.33 Å². The molecule has 1 aliphatic heterocycles. The normalized spacial score (nSPS) is 23.7. The van der Waals surface area contributed by atoms with E-state index in [1.165, 1.54) is 12.8 Å². The van der Waals surface area contributed by atoms with Crippen LogP contribution in [0.25, 0.3) is 11.2 Å². The van der Waals surface area contributed by atoms with Gasteiger partial charge in [-0.25, -0.2) is 4.98 Å². The average Bonchev–Trinajstić information content (AvgIpc) is 3.33. The minimum atomic E-state index is -4.17. The Balaban J connectivity index is 1.47. The molecule has 0 aromatic carbocycles. The summed E-state index contributed by atoms with van der Waals surface area (Å²) in [7, 11) is -4.17. The predicted molar refractivity (Wildman–Crippen MR) is 102 cm³/mol. The van der Waals surface area contributed by atoms with E-state index in [0.717, 1.165) is 12.8 Å². The maximum atomic E-state index is 10.9. The van der Waals surface area contributed by atoms with Gasteiger partial charge in [-0.05, 0) is 37.3 Å². The first-order chi connectivity index (χ1) is 13.4. The number of nitrogens with zero attached hydrogens (tertiary/aromatic N) is 4. The van der Waals surface area contributed by atoms with Gasteiger partial charge in [0.2, 0.25) is 5.28 Å². The number of hydrogen-bond acceptors (Lipinski definition) is 7. The summed E-state index contributed by atoms with van der Waals surface area (Å²) in [5.41, 5.74) is 1.25. The van der Waals surface area contributed by atoms with E-state index in [-0.39, 0.29) is 24.2 Å². The van der Waals surface area contributed by atoms with Crippen molar-refractivity contribution in [2.75, 3.05) is 18.3 Å². The van der Waals surface area contributed by atoms with Crippen molar-refractivity contribution in [1.29, 1.82) is 0 Å². The molecule has 2 aromatic rings. The quantitative estimate of drug-likeness (QED) is 0.447. The summed E-state index contributed by atoms with van der Waals surface area (Å²) in [4.78, 5) is 30.9. The summed E-state index contributed by atoms with van der Waals surface area (Å²) in [6.07, 6.45) is 6.55. The minimum absolute atomic E-state index is 0.123. The van der Waals surface area contributed by atoms with Gasteiger partial charge in [-0.1, -0.05) is 12.8 Å². The molecule has 10 nitrogen and oxygen atoms in total. The van der Waals surface area contributed by atoms with E-state index < -0.39 is 13.9 Å². The summed E-state index contributed by atoms with van der Waals surface area (Å²) in [5, 5.41) is 3.58. The van der Waals surface area contributed by atoms with Crippen molar-refractivity contribution in [3.63, 3.8) is 0 Å². The number of rotatable bonds is 7. The third-order valence-corrected chi connectivity index (χ3v) is 5.74. The Labute approximate surface area is 166 Å². The third kappa shape index (κ3) is 4.64. The van der Waals surface area contributed by atoms with Crippen molar-refractivity contribution in [2.45, 2.75) is 56.9 Å². The van der Waals surface area contributed by atoms with Crippen molar-refractivity contribution >= 4 is 36.2 Å². The molecule has 2 fully saturated rings. The number of imidazole rings is 1. The summed E-state index contributed by atoms with van der Waals surface area (Å²) in [5.74, 6) is 0.639. The standard InChI is InChI=1S/C16H23ClN5O5P/c17-16-20-14(19-10-3-1-2-4-10)13-15(21-16)22(8-18-13)12-6-5-11(27-12)7-26-9-28(23,24)25/h8,10-12H,1-7,9H2,(H,19,20,21)(H2,23,24,25)/t11-,12?/m0/s1. The molecule has 2 aliphatic rings. The van der Waals surface area contributed by atoms with Crippen LogP contribution in [-0.2, 0) is 14.0 Å². The van der Waals surface area contributed by atoms with Gasteiger partial charge in [0.25, 0.3) is 0 Å². The summed E-state index contributed by atoms with van der Waals surface area (Å²) in [6.45, 7) is 0.123. The van der Waals surface area contributed by atoms with Crippen LogP contribution >= 0.6 is 19.2 Å². The summed E-state index contributed by atoms with van der Waals surface area (Å²) in [6, 6.07) is 0.373. The zero-order valence-corrected chi connectivity index (χ0v) is 16.8. The maximum Gasteiger partial charge on any atom is 0.350 e. The fourth-order valence-electron chi connectivity index (χ4n) is 3.78. The number of nitrogens with one attached hydrogen (secondary N) is 1. The molecular weight excluding hydrogens is 409 g/mol. The number of ether oxygens (including phenoxy) is 2. The van der Waals surface area contributed by atoms with Gasteiger partial charge < -0.3 is 24.6 Å². The molecule has 0 amide bonds. The van der Waals surface area contributed by atoms with Gasteiger partial charge in [-0.3, -0.25) is 9.13 Å². The molecule has 4 rings (SSSR count). The number of anilines is 1. The summed E-state index contributed by atoms with van der Waals surface area (Å²) >= 11 is 6.15. The third-order valence-electron chi connectivity index (χ3n) is 5.05. The first-order valence-electron chi connectivity index (χ1n) is 9.33. The van der Waals surface area contributed by atoms with Crippen LogP contribution in [0.1, 0.15) is 44.8 Å². The second-order valence-corrected chi connectivity index (χ2v) is 9.17. The zero-order valence-electron chi connectivity index (χ0n) is 15.2. The summed E-state index contributed by atoms with van der Waals surface area (Å²) < 4.78 is 23.7. The van der Waals surface area contributed by atoms with Gasteiger partial charge in [-0.2, -0.15) is 9.97 Å². The first kappa shape index (κ1) is 20.0. The Morgan fingerprint density at radius 1 is 1.29 bits per heavy atom. The number of hydrogen-bond donors (Lipinski definition) is 3. The average molecular weight is 432 g/mol. The van der Waals surface area contributed by atoms with Crippen molar-refractivity contribution in [2.24, 2.45) is 0 Å². The number of aromatic nitrogens is 4. The van der Waals surface area contributed by atoms with Gasteiger partial charge >= 0.3 is 7.60 Å². The van der Waals surface area contributed by atoms with E-state index in [4.69, 9.17) is 30.9 Å². The molecule has 2 atom stereocenters. The van der Waals surface area contributed by atoms with Gasteiger partial charge in [0.15, 0.2) is 17.0 Å². The Kier molecular flexibility index (Phi) is 5.87. The van der Waals surface area contributed by atoms with Gasteiger partial charge in [0.05, 0.1) is 19.0 Å². The SMILES string of the molecule is O=P(O)(O)COC[C@@H]1CCC(n2cnc3c(NC4CCCC4)nc(Cl)nc32)O1. The van der Waals surface area contributed by atoms with Gasteiger partial charge in [0, 0.05) is 6.04 Å². The fraction of sp³-hybridized carbons (Fsp3) is 0.688. The first-order valence-corrected chi connectivity index (χ1v) is 11.5. The van der Waals surface area contributed by atoms with Crippen molar-refractivity contribution in [1.82, 2.24) is 19.5 Å². The van der Waals surface area contributed by atoms with Crippen LogP contribution in [0.4, 0.5) is 5.82 Å².